The molecule has 4 nitrogen and oxygen atoms in total. The summed E-state index contributed by atoms with van der Waals surface area (Å²) >= 11 is 0. The van der Waals surface area contributed by atoms with Gasteiger partial charge >= 0.3 is 41.5 Å². The van der Waals surface area contributed by atoms with Crippen LogP contribution in [0.1, 0.15) is 13.8 Å². The Kier molecular flexibility index (Phi) is 4.07. The van der Waals surface area contributed by atoms with Gasteiger partial charge in [0, 0.05) is 0 Å². The van der Waals surface area contributed by atoms with E-state index in [-0.39, 0.29) is 29.6 Å². The SMILES string of the molecule is CC1OC(=O)C(C)OC1=O.[NaH]. The van der Waals surface area contributed by atoms with E-state index in [4.69, 9.17) is 0 Å². The molecule has 58 valence electrons. The first kappa shape index (κ1) is 10.9. The van der Waals surface area contributed by atoms with Crippen LogP contribution in [0.4, 0.5) is 0 Å². The zero-order valence-corrected chi connectivity index (χ0v) is 5.79. The van der Waals surface area contributed by atoms with E-state index in [2.05, 4.69) is 9.47 Å². The van der Waals surface area contributed by atoms with Crippen molar-refractivity contribution in [2.45, 2.75) is 26.1 Å². The predicted molar refractivity (Wildman–Crippen MR) is 38.3 cm³/mol. The second kappa shape index (κ2) is 4.09. The van der Waals surface area contributed by atoms with E-state index in [1.54, 1.807) is 0 Å². The van der Waals surface area contributed by atoms with Gasteiger partial charge < -0.3 is 9.47 Å². The summed E-state index contributed by atoms with van der Waals surface area (Å²) in [7, 11) is 0. The van der Waals surface area contributed by atoms with Crippen molar-refractivity contribution in [1.29, 1.82) is 0 Å². The van der Waals surface area contributed by atoms with Crippen LogP contribution in [0.3, 0.4) is 0 Å². The fourth-order valence-corrected chi connectivity index (χ4v) is 0.636. The van der Waals surface area contributed by atoms with Gasteiger partial charge in [0.1, 0.15) is 0 Å². The van der Waals surface area contributed by atoms with Gasteiger partial charge in [0.25, 0.3) is 0 Å². The second-order valence-electron chi connectivity index (χ2n) is 2.16. The van der Waals surface area contributed by atoms with Crippen LogP contribution in [0.5, 0.6) is 0 Å². The van der Waals surface area contributed by atoms with Crippen molar-refractivity contribution in [3.05, 3.63) is 0 Å². The first-order valence-corrected chi connectivity index (χ1v) is 3.02. The normalized spacial score (nSPS) is 30.0. The molecule has 0 aliphatic carbocycles. The van der Waals surface area contributed by atoms with Gasteiger partial charge in [-0.3, -0.25) is 0 Å². The van der Waals surface area contributed by atoms with Crippen LogP contribution >= 0.6 is 0 Å². The Morgan fingerprint density at radius 1 is 1.00 bits per heavy atom. The van der Waals surface area contributed by atoms with Crippen LogP contribution in [-0.2, 0) is 19.1 Å². The Morgan fingerprint density at radius 3 is 1.55 bits per heavy atom. The van der Waals surface area contributed by atoms with Crippen molar-refractivity contribution < 1.29 is 19.1 Å². The van der Waals surface area contributed by atoms with E-state index < -0.39 is 24.1 Å². The molecule has 0 N–H and O–H groups in total. The number of cyclic esters (lactones) is 2. The summed E-state index contributed by atoms with van der Waals surface area (Å²) in [5.74, 6) is -0.959. The molecule has 0 aromatic carbocycles. The summed E-state index contributed by atoms with van der Waals surface area (Å²) in [5.41, 5.74) is 0. The van der Waals surface area contributed by atoms with Crippen molar-refractivity contribution >= 4 is 41.5 Å². The van der Waals surface area contributed by atoms with Gasteiger partial charge in [-0.1, -0.05) is 0 Å². The molecule has 0 radical (unpaired) electrons. The monoisotopic (exact) mass is 168 g/mol. The van der Waals surface area contributed by atoms with Crippen LogP contribution < -0.4 is 0 Å². The third-order valence-corrected chi connectivity index (χ3v) is 1.25. The van der Waals surface area contributed by atoms with Crippen molar-refractivity contribution in [2.75, 3.05) is 0 Å². The summed E-state index contributed by atoms with van der Waals surface area (Å²) in [6.07, 6.45) is -1.49. The number of rotatable bonds is 0. The molecule has 1 aliphatic rings. The average Bonchev–Trinajstić information content (AvgIpc) is 1.84. The molecule has 2 atom stereocenters. The minimum absolute atomic E-state index is 0. The van der Waals surface area contributed by atoms with Gasteiger partial charge in [0.05, 0.1) is 0 Å². The van der Waals surface area contributed by atoms with E-state index in [1.165, 1.54) is 13.8 Å². The predicted octanol–water partition coefficient (Wildman–Crippen LogP) is -0.785. The van der Waals surface area contributed by atoms with Crippen LogP contribution in [0.2, 0.25) is 0 Å². The van der Waals surface area contributed by atoms with Gasteiger partial charge in [-0.25, -0.2) is 9.59 Å². The summed E-state index contributed by atoms with van der Waals surface area (Å²) in [6.45, 7) is 2.96. The first-order valence-electron chi connectivity index (χ1n) is 3.02. The summed E-state index contributed by atoms with van der Waals surface area (Å²) in [6, 6.07) is 0. The molecule has 0 aromatic rings. The number of hydrogen-bond donors (Lipinski definition) is 0. The maximum atomic E-state index is 10.7. The summed E-state index contributed by atoms with van der Waals surface area (Å²) < 4.78 is 9.19. The van der Waals surface area contributed by atoms with Gasteiger partial charge in [-0.2, -0.15) is 0 Å². The Balaban J connectivity index is 0.000001000. The number of carbonyl (C=O) groups excluding carboxylic acids is 2. The molecule has 1 heterocycles. The van der Waals surface area contributed by atoms with Gasteiger partial charge in [0.15, 0.2) is 12.2 Å². The van der Waals surface area contributed by atoms with Crippen molar-refractivity contribution in [1.82, 2.24) is 0 Å². The zero-order valence-electron chi connectivity index (χ0n) is 5.79. The molecule has 11 heavy (non-hydrogen) atoms. The molecule has 1 fully saturated rings. The summed E-state index contributed by atoms with van der Waals surface area (Å²) in [4.78, 5) is 21.3. The van der Waals surface area contributed by atoms with E-state index in [9.17, 15) is 9.59 Å². The van der Waals surface area contributed by atoms with Crippen LogP contribution in [0, 0.1) is 0 Å². The Hall–Kier alpha value is -0.0600. The maximum absolute atomic E-state index is 10.7. The number of carbonyl (C=O) groups is 2. The molecule has 0 aromatic heterocycles. The zero-order chi connectivity index (χ0) is 7.72. The van der Waals surface area contributed by atoms with Crippen LogP contribution in [0.15, 0.2) is 0 Å². The van der Waals surface area contributed by atoms with E-state index >= 15 is 0 Å². The third kappa shape index (κ3) is 2.47. The standard InChI is InChI=1S/C6H8O4.Na.H/c1-3-5(7)10-4(2)6(8)9-3;;/h3-4H,1-2H3;;. The molecule has 5 heteroatoms. The Bertz CT molecular complexity index is 159. The summed E-state index contributed by atoms with van der Waals surface area (Å²) in [5, 5.41) is 0. The second-order valence-corrected chi connectivity index (χ2v) is 2.16. The van der Waals surface area contributed by atoms with Crippen molar-refractivity contribution in [3.63, 3.8) is 0 Å². The Morgan fingerprint density at radius 2 is 1.27 bits per heavy atom. The van der Waals surface area contributed by atoms with Crippen LogP contribution in [0.25, 0.3) is 0 Å². The van der Waals surface area contributed by atoms with Gasteiger partial charge in [-0.05, 0) is 13.8 Å². The third-order valence-electron chi connectivity index (χ3n) is 1.25. The van der Waals surface area contributed by atoms with Crippen molar-refractivity contribution in [2.24, 2.45) is 0 Å². The van der Waals surface area contributed by atoms with E-state index in [0.717, 1.165) is 0 Å². The number of hydrogen-bond acceptors (Lipinski definition) is 4. The molecule has 1 saturated heterocycles. The Labute approximate surface area is 86.5 Å². The van der Waals surface area contributed by atoms with Gasteiger partial charge in [0.2, 0.25) is 0 Å². The van der Waals surface area contributed by atoms with Crippen molar-refractivity contribution in [3.8, 4) is 0 Å². The van der Waals surface area contributed by atoms with E-state index in [1.807, 2.05) is 0 Å². The molecule has 1 aliphatic heterocycles. The first-order chi connectivity index (χ1) is 4.61. The number of ether oxygens (including phenoxy) is 2. The van der Waals surface area contributed by atoms with Crippen LogP contribution in [-0.4, -0.2) is 53.7 Å². The average molecular weight is 168 g/mol. The fraction of sp³-hybridized carbons (Fsp3) is 0.667. The minimum atomic E-state index is -0.747. The molecule has 0 saturated carbocycles. The quantitative estimate of drug-likeness (QED) is 0.351. The molecule has 0 amide bonds. The van der Waals surface area contributed by atoms with Gasteiger partial charge in [-0.15, -0.1) is 0 Å². The van der Waals surface area contributed by atoms with E-state index in [0.29, 0.717) is 0 Å². The molecule has 0 bridgehead atoms. The molecule has 2 unspecified atom stereocenters. The topological polar surface area (TPSA) is 52.6 Å². The molecule has 1 rings (SSSR count). The fourth-order valence-electron chi connectivity index (χ4n) is 0.636. The molecular formula is C6H9NaO4. The molecule has 0 spiro atoms. The molecular weight excluding hydrogens is 159 g/mol. The number of esters is 2.